The summed E-state index contributed by atoms with van der Waals surface area (Å²) in [5.41, 5.74) is -2.20. The zero-order chi connectivity index (χ0) is 19.3. The third kappa shape index (κ3) is 2.08. The Hall–Kier alpha value is -3.20. The Morgan fingerprint density at radius 1 is 1.11 bits per heavy atom. The molecule has 0 N–H and O–H groups in total. The second-order valence-electron chi connectivity index (χ2n) is 6.15. The van der Waals surface area contributed by atoms with E-state index in [0.29, 0.717) is 5.56 Å². The Bertz CT molecular complexity index is 892. The number of amides is 1. The van der Waals surface area contributed by atoms with Crippen molar-refractivity contribution in [1.29, 1.82) is 0 Å². The van der Waals surface area contributed by atoms with Crippen molar-refractivity contribution in [2.75, 3.05) is 20.8 Å². The molecule has 2 fully saturated rings. The van der Waals surface area contributed by atoms with E-state index < -0.39 is 41.7 Å². The van der Waals surface area contributed by atoms with Gasteiger partial charge in [0.1, 0.15) is 12.2 Å². The van der Waals surface area contributed by atoms with Crippen LogP contribution in [0.2, 0.25) is 0 Å². The van der Waals surface area contributed by atoms with E-state index in [1.165, 1.54) is 0 Å². The van der Waals surface area contributed by atoms with E-state index in [1.54, 1.807) is 30.3 Å². The fraction of sp³-hybridized carbons (Fsp3) is 0.333. The highest BCUT2D eigenvalue weighted by molar-refractivity contribution is 6.16. The van der Waals surface area contributed by atoms with Crippen LogP contribution in [0.25, 0.3) is 0 Å². The predicted molar refractivity (Wildman–Crippen MR) is 85.7 cm³/mol. The van der Waals surface area contributed by atoms with Crippen molar-refractivity contribution in [3.05, 3.63) is 47.0 Å². The Balaban J connectivity index is 1.93. The second kappa shape index (κ2) is 5.92. The number of fused-ring (bicyclic) bond motifs is 1. The average Bonchev–Trinajstić information content (AvgIpc) is 3.20. The molecule has 3 heterocycles. The van der Waals surface area contributed by atoms with Gasteiger partial charge in [0.15, 0.2) is 6.10 Å². The van der Waals surface area contributed by atoms with Gasteiger partial charge in [0, 0.05) is 0 Å². The first-order valence-corrected chi connectivity index (χ1v) is 8.11. The number of carbonyl (C=O) groups is 4. The molecule has 2 bridgehead atoms. The van der Waals surface area contributed by atoms with Crippen LogP contribution >= 0.6 is 0 Å². The average molecular weight is 373 g/mol. The van der Waals surface area contributed by atoms with E-state index in [1.807, 2.05) is 0 Å². The number of cyclic esters (lactones) is 1. The Morgan fingerprint density at radius 3 is 2.41 bits per heavy atom. The second-order valence-corrected chi connectivity index (χ2v) is 6.15. The van der Waals surface area contributed by atoms with Crippen molar-refractivity contribution >= 4 is 23.8 Å². The van der Waals surface area contributed by atoms with Crippen molar-refractivity contribution < 1.29 is 38.1 Å². The van der Waals surface area contributed by atoms with Crippen molar-refractivity contribution in [3.8, 4) is 0 Å². The number of morpholine rings is 1. The summed E-state index contributed by atoms with van der Waals surface area (Å²) in [6.45, 7) is -0.103. The number of rotatable bonds is 3. The highest BCUT2D eigenvalue weighted by Gasteiger charge is 2.73. The number of esters is 3. The van der Waals surface area contributed by atoms with Gasteiger partial charge in [-0.2, -0.15) is 0 Å². The Kier molecular flexibility index (Phi) is 3.77. The van der Waals surface area contributed by atoms with E-state index >= 15 is 0 Å². The van der Waals surface area contributed by atoms with Crippen LogP contribution in [0.5, 0.6) is 0 Å². The van der Waals surface area contributed by atoms with Crippen LogP contribution < -0.4 is 0 Å². The Labute approximate surface area is 153 Å². The molecule has 1 amide bonds. The van der Waals surface area contributed by atoms with Crippen molar-refractivity contribution in [1.82, 2.24) is 4.90 Å². The third-order valence-corrected chi connectivity index (χ3v) is 4.90. The molecule has 0 aromatic heterocycles. The van der Waals surface area contributed by atoms with Gasteiger partial charge in [-0.1, -0.05) is 30.3 Å². The normalized spacial score (nSPS) is 28.7. The fourth-order valence-corrected chi connectivity index (χ4v) is 3.77. The van der Waals surface area contributed by atoms with Crippen molar-refractivity contribution in [3.63, 3.8) is 0 Å². The monoisotopic (exact) mass is 373 g/mol. The molecule has 0 unspecified atom stereocenters. The van der Waals surface area contributed by atoms with Gasteiger partial charge < -0.3 is 18.9 Å². The van der Waals surface area contributed by atoms with E-state index in [2.05, 4.69) is 4.74 Å². The predicted octanol–water partition coefficient (Wildman–Crippen LogP) is -0.136. The van der Waals surface area contributed by atoms with Gasteiger partial charge in [-0.15, -0.1) is 0 Å². The summed E-state index contributed by atoms with van der Waals surface area (Å²) in [6, 6.07) is 8.20. The van der Waals surface area contributed by atoms with E-state index in [4.69, 9.17) is 14.2 Å². The first-order valence-electron chi connectivity index (χ1n) is 8.11. The van der Waals surface area contributed by atoms with Gasteiger partial charge in [-0.3, -0.25) is 9.69 Å². The number of nitrogens with zero attached hydrogens (tertiary/aromatic N) is 1. The minimum atomic E-state index is -2.17. The molecule has 0 radical (unpaired) electrons. The summed E-state index contributed by atoms with van der Waals surface area (Å²) in [6.07, 6.45) is -1.44. The molecule has 9 nitrogen and oxygen atoms in total. The molecule has 0 saturated carbocycles. The molecule has 0 aliphatic carbocycles. The number of benzene rings is 1. The van der Waals surface area contributed by atoms with Crippen LogP contribution in [-0.4, -0.2) is 61.4 Å². The maximum atomic E-state index is 13.0. The van der Waals surface area contributed by atoms with Gasteiger partial charge in [0.05, 0.1) is 25.8 Å². The minimum Gasteiger partial charge on any atom is -0.466 e. The standard InChI is InChI=1S/C18H15NO8/c1-24-15(21)11-12(16(22)25-2)18-17(23)26-8-10(9-6-4-3-5-7-9)19(18)14(20)13(11)27-18/h3-7,10,13H,8H2,1-2H3/t10-,13-,18-/m1/s1. The molecule has 3 aliphatic heterocycles. The van der Waals surface area contributed by atoms with Gasteiger partial charge in [-0.05, 0) is 5.56 Å². The van der Waals surface area contributed by atoms with Crippen LogP contribution in [0.1, 0.15) is 11.6 Å². The van der Waals surface area contributed by atoms with Crippen LogP contribution in [0.4, 0.5) is 0 Å². The van der Waals surface area contributed by atoms with Gasteiger partial charge in [-0.25, -0.2) is 14.4 Å². The lowest BCUT2D eigenvalue weighted by Crippen LogP contribution is -2.62. The molecule has 2 saturated heterocycles. The van der Waals surface area contributed by atoms with Gasteiger partial charge >= 0.3 is 17.9 Å². The van der Waals surface area contributed by atoms with Crippen LogP contribution in [0.3, 0.4) is 0 Å². The lowest BCUT2D eigenvalue weighted by Gasteiger charge is -2.43. The maximum absolute atomic E-state index is 13.0. The summed E-state index contributed by atoms with van der Waals surface area (Å²) in [7, 11) is 2.20. The maximum Gasteiger partial charge on any atom is 0.365 e. The van der Waals surface area contributed by atoms with Crippen LogP contribution in [-0.2, 0) is 38.1 Å². The fourth-order valence-electron chi connectivity index (χ4n) is 3.77. The molecule has 27 heavy (non-hydrogen) atoms. The molecule has 9 heteroatoms. The van der Waals surface area contributed by atoms with E-state index in [0.717, 1.165) is 19.1 Å². The topological polar surface area (TPSA) is 108 Å². The number of hydrogen-bond donors (Lipinski definition) is 0. The quantitative estimate of drug-likeness (QED) is 0.532. The largest absolute Gasteiger partial charge is 0.466 e. The molecule has 4 rings (SSSR count). The highest BCUT2D eigenvalue weighted by atomic mass is 16.6. The SMILES string of the molecule is COC(=O)C1=C(C(=O)OC)[C@]23O[C@H]1C(=O)N2[C@@H](c1ccccc1)COC3=O. The summed E-state index contributed by atoms with van der Waals surface area (Å²) < 4.78 is 20.3. The summed E-state index contributed by atoms with van der Waals surface area (Å²) >= 11 is 0. The lowest BCUT2D eigenvalue weighted by molar-refractivity contribution is -0.198. The molecule has 1 aromatic carbocycles. The van der Waals surface area contributed by atoms with Crippen molar-refractivity contribution in [2.45, 2.75) is 17.9 Å². The van der Waals surface area contributed by atoms with Crippen LogP contribution in [0, 0.1) is 0 Å². The van der Waals surface area contributed by atoms with E-state index in [9.17, 15) is 19.2 Å². The number of ether oxygens (including phenoxy) is 4. The number of carbonyl (C=O) groups excluding carboxylic acids is 4. The number of hydrogen-bond acceptors (Lipinski definition) is 8. The van der Waals surface area contributed by atoms with Gasteiger partial charge in [0.2, 0.25) is 0 Å². The Morgan fingerprint density at radius 2 is 1.78 bits per heavy atom. The van der Waals surface area contributed by atoms with Crippen LogP contribution in [0.15, 0.2) is 41.5 Å². The molecule has 3 aliphatic rings. The smallest absolute Gasteiger partial charge is 0.365 e. The highest BCUT2D eigenvalue weighted by Crippen LogP contribution is 2.52. The summed E-state index contributed by atoms with van der Waals surface area (Å²) in [5.74, 6) is -3.49. The van der Waals surface area contributed by atoms with Crippen molar-refractivity contribution in [2.24, 2.45) is 0 Å². The first-order chi connectivity index (χ1) is 13.0. The molecular formula is C18H15NO8. The molecular weight excluding hydrogens is 358 g/mol. The third-order valence-electron chi connectivity index (χ3n) is 4.90. The minimum absolute atomic E-state index is 0.103. The number of methoxy groups -OCH3 is 2. The summed E-state index contributed by atoms with van der Waals surface area (Å²) in [4.78, 5) is 51.6. The molecule has 1 spiro atoms. The summed E-state index contributed by atoms with van der Waals surface area (Å²) in [5, 5.41) is 0. The lowest BCUT2D eigenvalue weighted by atomic mass is 9.87. The van der Waals surface area contributed by atoms with E-state index in [-0.39, 0.29) is 17.8 Å². The molecule has 3 atom stereocenters. The molecule has 1 aromatic rings. The zero-order valence-electron chi connectivity index (χ0n) is 14.5. The zero-order valence-corrected chi connectivity index (χ0v) is 14.5. The van der Waals surface area contributed by atoms with Gasteiger partial charge in [0.25, 0.3) is 11.6 Å². The molecule has 140 valence electrons. The first kappa shape index (κ1) is 17.2.